The summed E-state index contributed by atoms with van der Waals surface area (Å²) in [6.07, 6.45) is 3.34. The van der Waals surface area contributed by atoms with Crippen molar-refractivity contribution in [1.82, 2.24) is 4.98 Å². The molecule has 0 atom stereocenters. The van der Waals surface area contributed by atoms with Crippen molar-refractivity contribution in [1.29, 1.82) is 5.26 Å². The summed E-state index contributed by atoms with van der Waals surface area (Å²) in [5.41, 5.74) is 1.68. The Morgan fingerprint density at radius 2 is 1.84 bits per heavy atom. The Kier molecular flexibility index (Phi) is 4.77. The molecule has 25 heavy (non-hydrogen) atoms. The van der Waals surface area contributed by atoms with Crippen LogP contribution in [-0.2, 0) is 0 Å². The first-order valence-corrected chi connectivity index (χ1v) is 7.43. The predicted molar refractivity (Wildman–Crippen MR) is 92.8 cm³/mol. The molecule has 0 fully saturated rings. The molecule has 1 aromatic heterocycles. The number of aromatic nitrogens is 1. The van der Waals surface area contributed by atoms with E-state index in [0.717, 1.165) is 17.0 Å². The first-order chi connectivity index (χ1) is 12.2. The van der Waals surface area contributed by atoms with Gasteiger partial charge in [-0.3, -0.25) is 0 Å². The maximum absolute atomic E-state index is 12.9. The van der Waals surface area contributed by atoms with Crippen molar-refractivity contribution in [2.24, 2.45) is 0 Å². The number of oxazole rings is 1. The van der Waals surface area contributed by atoms with E-state index < -0.39 is 0 Å². The van der Waals surface area contributed by atoms with E-state index in [1.807, 2.05) is 6.07 Å². The molecule has 0 unspecified atom stereocenters. The Morgan fingerprint density at radius 1 is 1.12 bits per heavy atom. The van der Waals surface area contributed by atoms with Crippen molar-refractivity contribution in [3.05, 3.63) is 71.5 Å². The van der Waals surface area contributed by atoms with E-state index in [1.54, 1.807) is 55.7 Å². The molecule has 3 rings (SSSR count). The summed E-state index contributed by atoms with van der Waals surface area (Å²) in [6, 6.07) is 15.2. The van der Waals surface area contributed by atoms with E-state index in [1.165, 1.54) is 12.1 Å². The number of ether oxygens (including phenoxy) is 1. The molecule has 0 aliphatic carbocycles. The average Bonchev–Trinajstić information content (AvgIpc) is 3.04. The standard InChI is InChI=1S/C19H14FN3O2/c1-24-16-9-7-15(8-10-16)22-19-17(12-21)23-18(25-19)11-4-13-2-5-14(20)6-3-13/h2-11,22H,1H3/b11-4+. The first kappa shape index (κ1) is 16.3. The van der Waals surface area contributed by atoms with Crippen LogP contribution in [0.25, 0.3) is 12.2 Å². The van der Waals surface area contributed by atoms with Gasteiger partial charge in [0.1, 0.15) is 17.6 Å². The Hall–Kier alpha value is -3.59. The summed E-state index contributed by atoms with van der Waals surface area (Å²) in [5.74, 6) is 0.959. The van der Waals surface area contributed by atoms with Crippen LogP contribution in [0.1, 0.15) is 17.1 Å². The van der Waals surface area contributed by atoms with Crippen molar-refractivity contribution in [2.75, 3.05) is 12.4 Å². The molecule has 5 nitrogen and oxygen atoms in total. The van der Waals surface area contributed by atoms with Crippen LogP contribution < -0.4 is 10.1 Å². The fourth-order valence-electron chi connectivity index (χ4n) is 2.12. The molecule has 0 spiro atoms. The van der Waals surface area contributed by atoms with Gasteiger partial charge in [0.25, 0.3) is 0 Å². The molecular formula is C19H14FN3O2. The molecular weight excluding hydrogens is 321 g/mol. The molecule has 0 aliphatic rings. The SMILES string of the molecule is COc1ccc(Nc2oc(/C=C/c3ccc(F)cc3)nc2C#N)cc1. The van der Waals surface area contributed by atoms with Gasteiger partial charge in [0, 0.05) is 11.8 Å². The fraction of sp³-hybridized carbons (Fsp3) is 0.0526. The molecule has 0 radical (unpaired) electrons. The maximum Gasteiger partial charge on any atom is 0.236 e. The molecule has 1 N–H and O–H groups in total. The molecule has 124 valence electrons. The van der Waals surface area contributed by atoms with Crippen molar-refractivity contribution in [3.8, 4) is 11.8 Å². The number of anilines is 2. The third-order valence-electron chi connectivity index (χ3n) is 3.39. The third-order valence-corrected chi connectivity index (χ3v) is 3.39. The van der Waals surface area contributed by atoms with Gasteiger partial charge in [-0.1, -0.05) is 12.1 Å². The van der Waals surface area contributed by atoms with Gasteiger partial charge in [0.2, 0.25) is 17.5 Å². The monoisotopic (exact) mass is 335 g/mol. The molecule has 0 aliphatic heterocycles. The van der Waals surface area contributed by atoms with Gasteiger partial charge in [-0.15, -0.1) is 0 Å². The van der Waals surface area contributed by atoms with Gasteiger partial charge in [-0.25, -0.2) is 4.39 Å². The summed E-state index contributed by atoms with van der Waals surface area (Å²) in [5, 5.41) is 12.2. The molecule has 0 bridgehead atoms. The van der Waals surface area contributed by atoms with E-state index in [-0.39, 0.29) is 23.3 Å². The summed E-state index contributed by atoms with van der Waals surface area (Å²) < 4.78 is 23.6. The first-order valence-electron chi connectivity index (χ1n) is 7.43. The van der Waals surface area contributed by atoms with Gasteiger partial charge in [0.15, 0.2) is 0 Å². The second kappa shape index (κ2) is 7.32. The number of halogens is 1. The average molecular weight is 335 g/mol. The topological polar surface area (TPSA) is 71.1 Å². The van der Waals surface area contributed by atoms with E-state index in [4.69, 9.17) is 9.15 Å². The molecule has 3 aromatic rings. The van der Waals surface area contributed by atoms with Crippen LogP contribution in [-0.4, -0.2) is 12.1 Å². The molecule has 6 heteroatoms. The van der Waals surface area contributed by atoms with Crippen LogP contribution in [0.15, 0.2) is 52.9 Å². The van der Waals surface area contributed by atoms with Gasteiger partial charge in [-0.2, -0.15) is 10.2 Å². The number of nitrogens with one attached hydrogen (secondary N) is 1. The number of benzene rings is 2. The molecule has 1 heterocycles. The minimum atomic E-state index is -0.300. The summed E-state index contributed by atoms with van der Waals surface area (Å²) >= 11 is 0. The van der Waals surface area contributed by atoms with Crippen LogP contribution in [0, 0.1) is 17.1 Å². The Bertz CT molecular complexity index is 923. The molecule has 0 saturated heterocycles. The zero-order valence-corrected chi connectivity index (χ0v) is 13.4. The highest BCUT2D eigenvalue weighted by atomic mass is 19.1. The van der Waals surface area contributed by atoms with Gasteiger partial charge >= 0.3 is 0 Å². The zero-order valence-electron chi connectivity index (χ0n) is 13.4. The molecule has 0 amide bonds. The predicted octanol–water partition coefficient (Wildman–Crippen LogP) is 4.61. The summed E-state index contributed by atoms with van der Waals surface area (Å²) in [7, 11) is 1.59. The quantitative estimate of drug-likeness (QED) is 0.737. The van der Waals surface area contributed by atoms with Crippen LogP contribution in [0.3, 0.4) is 0 Å². The van der Waals surface area contributed by atoms with E-state index in [9.17, 15) is 9.65 Å². The minimum Gasteiger partial charge on any atom is -0.497 e. The third kappa shape index (κ3) is 4.03. The van der Waals surface area contributed by atoms with Gasteiger partial charge in [-0.05, 0) is 48.0 Å². The lowest BCUT2D eigenvalue weighted by molar-refractivity contribution is 0.415. The minimum absolute atomic E-state index is 0.148. The van der Waals surface area contributed by atoms with Crippen molar-refractivity contribution in [3.63, 3.8) is 0 Å². The van der Waals surface area contributed by atoms with Crippen molar-refractivity contribution < 1.29 is 13.5 Å². The lowest BCUT2D eigenvalue weighted by Gasteiger charge is -2.04. The number of hydrogen-bond acceptors (Lipinski definition) is 5. The van der Waals surface area contributed by atoms with Crippen molar-refractivity contribution >= 4 is 23.7 Å². The highest BCUT2D eigenvalue weighted by Crippen LogP contribution is 2.24. The molecule has 2 aromatic carbocycles. The smallest absolute Gasteiger partial charge is 0.236 e. The highest BCUT2D eigenvalue weighted by Gasteiger charge is 2.11. The van der Waals surface area contributed by atoms with E-state index >= 15 is 0 Å². The number of methoxy groups -OCH3 is 1. The Labute approximate surface area is 144 Å². The Balaban J connectivity index is 1.79. The fourth-order valence-corrected chi connectivity index (χ4v) is 2.12. The lowest BCUT2D eigenvalue weighted by Crippen LogP contribution is -1.91. The number of hydrogen-bond donors (Lipinski definition) is 1. The number of nitriles is 1. The summed E-state index contributed by atoms with van der Waals surface area (Å²) in [4.78, 5) is 4.12. The van der Waals surface area contributed by atoms with Gasteiger partial charge < -0.3 is 14.5 Å². The maximum atomic E-state index is 12.9. The van der Waals surface area contributed by atoms with Gasteiger partial charge in [0.05, 0.1) is 7.11 Å². The normalized spacial score (nSPS) is 10.6. The summed E-state index contributed by atoms with van der Waals surface area (Å²) in [6.45, 7) is 0. The second-order valence-electron chi connectivity index (χ2n) is 5.08. The number of nitrogens with zero attached hydrogens (tertiary/aromatic N) is 2. The van der Waals surface area contributed by atoms with E-state index in [0.29, 0.717) is 0 Å². The highest BCUT2D eigenvalue weighted by molar-refractivity contribution is 5.68. The van der Waals surface area contributed by atoms with Crippen LogP contribution in [0.2, 0.25) is 0 Å². The van der Waals surface area contributed by atoms with E-state index in [2.05, 4.69) is 10.3 Å². The second-order valence-corrected chi connectivity index (χ2v) is 5.08. The van der Waals surface area contributed by atoms with Crippen LogP contribution in [0.4, 0.5) is 16.0 Å². The zero-order chi connectivity index (χ0) is 17.6. The Morgan fingerprint density at radius 3 is 2.48 bits per heavy atom. The van der Waals surface area contributed by atoms with Crippen molar-refractivity contribution in [2.45, 2.75) is 0 Å². The largest absolute Gasteiger partial charge is 0.497 e. The molecule has 0 saturated carbocycles. The lowest BCUT2D eigenvalue weighted by atomic mass is 10.2. The van der Waals surface area contributed by atoms with Crippen LogP contribution >= 0.6 is 0 Å². The number of rotatable bonds is 5. The van der Waals surface area contributed by atoms with Crippen LogP contribution in [0.5, 0.6) is 5.75 Å².